The zero-order valence-electron chi connectivity index (χ0n) is 41.7. The number of fused-ring (bicyclic) bond motifs is 1. The molecule has 1 heteroatoms. The molecule has 22 atom stereocenters. The molecule has 0 nitrogen and oxygen atoms in total. The first kappa shape index (κ1) is 31.8. The summed E-state index contributed by atoms with van der Waals surface area (Å²) in [7, 11) is 0. The summed E-state index contributed by atoms with van der Waals surface area (Å²) in [5.41, 5.74) is 50.4. The Morgan fingerprint density at radius 2 is 0.640 bits per heavy atom. The van der Waals surface area contributed by atoms with E-state index in [9.17, 15) is 0 Å². The van der Waals surface area contributed by atoms with Gasteiger partial charge in [0.15, 0.2) is 0 Å². The van der Waals surface area contributed by atoms with Gasteiger partial charge in [-0.2, -0.15) is 0 Å². The Morgan fingerprint density at radius 1 is 0.320 bits per heavy atom. The van der Waals surface area contributed by atoms with Crippen molar-refractivity contribution in [2.45, 2.75) is 162 Å². The van der Waals surface area contributed by atoms with E-state index in [1.165, 1.54) is 12.8 Å². The molecule has 22 aliphatic carbocycles. The molecule has 0 aromatic heterocycles. The lowest BCUT2D eigenvalue weighted by molar-refractivity contribution is 0.0336. The van der Waals surface area contributed by atoms with Gasteiger partial charge in [-0.1, -0.05) is 33.8 Å². The zero-order chi connectivity index (χ0) is 45.5. The second-order valence-corrected chi connectivity index (χ2v) is 33.7. The van der Waals surface area contributed by atoms with E-state index in [4.69, 9.17) is 0 Å². The number of benzene rings is 10. The third-order valence-electron chi connectivity index (χ3n) is 31.8. The summed E-state index contributed by atoms with van der Waals surface area (Å²) in [6.45, 7) is 10.3. The molecule has 1 heterocycles. The Bertz CT molecular complexity index is 5630. The Balaban J connectivity index is 0.979. The molecule has 11 aromatic rings. The quantitative estimate of drug-likeness (QED) is 0.158. The molecule has 0 radical (unpaired) electrons. The van der Waals surface area contributed by atoms with Gasteiger partial charge < -0.3 is 0 Å². The van der Waals surface area contributed by atoms with Crippen LogP contribution in [0.2, 0.25) is 0 Å². The molecule has 1 aliphatic heterocycles. The first-order valence-electron chi connectivity index (χ1n) is 31.1. The molecular formula is C74H40S. The predicted octanol–water partition coefficient (Wildman–Crippen LogP) is 16.9. The van der Waals surface area contributed by atoms with Crippen LogP contribution in [0, 0.1) is 23.7 Å². The summed E-state index contributed by atoms with van der Waals surface area (Å²) in [4.78, 5) is 1.78. The molecule has 75 heavy (non-hydrogen) atoms. The molecule has 2 spiro atoms. The first-order valence-corrected chi connectivity index (χ1v) is 31.9. The van der Waals surface area contributed by atoms with Crippen LogP contribution >= 0.6 is 11.8 Å². The van der Waals surface area contributed by atoms with Crippen molar-refractivity contribution in [1.82, 2.24) is 0 Å². The average Bonchev–Trinajstić information content (AvgIpc) is 3.14. The first-order chi connectivity index (χ1) is 37.0. The van der Waals surface area contributed by atoms with Gasteiger partial charge in [-0.05, 0) is 374 Å². The van der Waals surface area contributed by atoms with Crippen molar-refractivity contribution in [3.8, 4) is 11.1 Å². The molecule has 0 amide bonds. The van der Waals surface area contributed by atoms with E-state index >= 15 is 0 Å². The van der Waals surface area contributed by atoms with Gasteiger partial charge in [-0.15, -0.1) is 11.8 Å². The van der Waals surface area contributed by atoms with Gasteiger partial charge in [-0.3, -0.25) is 0 Å². The number of rotatable bonds is 4. The monoisotopic (exact) mass is 960 g/mol. The number of hydrogen-bond donors (Lipinski definition) is 0. The highest BCUT2D eigenvalue weighted by atomic mass is 32.2. The predicted molar refractivity (Wildman–Crippen MR) is 294 cm³/mol. The molecule has 0 N–H and O–H groups in total. The van der Waals surface area contributed by atoms with Gasteiger partial charge in [-0.25, -0.2) is 0 Å². The highest BCUT2D eigenvalue weighted by molar-refractivity contribution is 8.00. The molecule has 22 unspecified atom stereocenters. The number of thioether (sulfide) groups is 1. The second-order valence-electron chi connectivity index (χ2n) is 32.4. The molecule has 34 rings (SSSR count). The summed E-state index contributed by atoms with van der Waals surface area (Å²) in [5, 5.41) is 30.9. The minimum Gasteiger partial charge on any atom is -0.112 e. The molecule has 23 aliphatic rings. The van der Waals surface area contributed by atoms with Crippen LogP contribution in [0.15, 0.2) is 17.0 Å². The summed E-state index contributed by atoms with van der Waals surface area (Å²) < 4.78 is 0.0467. The third kappa shape index (κ3) is 1.87. The van der Waals surface area contributed by atoms with Gasteiger partial charge >= 0.3 is 0 Å². The van der Waals surface area contributed by atoms with E-state index in [1.54, 1.807) is 10.5 Å². The lowest BCUT2D eigenvalue weighted by atomic mass is 9.39. The number of hydrogen-bond acceptors (Lipinski definition) is 1. The van der Waals surface area contributed by atoms with Crippen molar-refractivity contribution >= 4 is 97.9 Å². The van der Waals surface area contributed by atoms with Crippen LogP contribution in [-0.2, 0) is 23.0 Å². The summed E-state index contributed by atoms with van der Waals surface area (Å²) in [5.74, 6) is 14.6. The van der Waals surface area contributed by atoms with Crippen molar-refractivity contribution in [1.29, 1.82) is 0 Å². The molecule has 0 saturated heterocycles. The van der Waals surface area contributed by atoms with Gasteiger partial charge in [0.2, 0.25) is 0 Å². The van der Waals surface area contributed by atoms with E-state index in [0.717, 1.165) is 0 Å². The molecule has 342 valence electrons. The van der Waals surface area contributed by atoms with E-state index in [1.807, 2.05) is 175 Å². The molecule has 1 saturated carbocycles. The molecule has 0 bridgehead atoms. The fraction of sp³-hybridized carbons (Fsp3) is 0.405. The van der Waals surface area contributed by atoms with Gasteiger partial charge in [0.25, 0.3) is 0 Å². The zero-order valence-corrected chi connectivity index (χ0v) is 42.5. The Labute approximate surface area is 432 Å². The van der Waals surface area contributed by atoms with Crippen LogP contribution in [0.3, 0.4) is 0 Å². The fourth-order valence-corrected chi connectivity index (χ4v) is 35.4. The molecular weight excluding hydrogens is 921 g/mol. The van der Waals surface area contributed by atoms with E-state index in [2.05, 4.69) is 96.1 Å². The smallest absolute Gasteiger partial charge is 0.0645 e. The fourth-order valence-electron chi connectivity index (χ4n) is 33.3. The maximum absolute atomic E-state index is 2.84. The Morgan fingerprint density at radius 3 is 1.08 bits per heavy atom. The Hall–Kier alpha value is -5.37. The minimum absolute atomic E-state index is 0.0117. The highest BCUT2D eigenvalue weighted by Gasteiger charge is 2.90. The largest absolute Gasteiger partial charge is 0.112 e. The highest BCUT2D eigenvalue weighted by Crippen LogP contribution is 3.01. The topological polar surface area (TPSA) is 0 Å². The minimum atomic E-state index is 0.0117. The van der Waals surface area contributed by atoms with Crippen molar-refractivity contribution in [2.24, 2.45) is 23.7 Å². The van der Waals surface area contributed by atoms with Crippen LogP contribution in [0.5, 0.6) is 0 Å². The standard InChI is InChI=1S/C74H40S/c1-9(2)7-11-5-6-13-68(12(11)8-10(3)4)73-69-60-52-42-32-24-16-14-15-18-22-20(16)28-36-30(22)40-34-26(18)27-19(15)23-21-17(14)25(24)33-39-29(21)37-31(23)41-35(27)45-44(34)56-50(40)58-48(36)54(46(52)38(28)32)62(69)64(58)71-66(56)67-57(45)51(41)59-49(37)55-47(39)53(43(33)42)61(60)70(73)63(55)65(59)72(67)74(71,73)75-13/h5-6,9-10,16,18,20,22,24,26,32,34,42-45,53,57,61,63,65,67,70,72H,7-8H2,1-4H3. The van der Waals surface area contributed by atoms with Crippen LogP contribution in [0.4, 0.5) is 0 Å². The second kappa shape index (κ2) is 7.57. The summed E-state index contributed by atoms with van der Waals surface area (Å²) in [6, 6.07) is 5.59. The van der Waals surface area contributed by atoms with E-state index < -0.39 is 0 Å². The van der Waals surface area contributed by atoms with Gasteiger partial charge in [0.1, 0.15) is 0 Å². The van der Waals surface area contributed by atoms with Crippen molar-refractivity contribution in [2.75, 3.05) is 0 Å². The van der Waals surface area contributed by atoms with Gasteiger partial charge in [0.05, 0.1) is 4.75 Å². The van der Waals surface area contributed by atoms with Crippen LogP contribution in [-0.4, -0.2) is 0 Å². The lowest BCUT2D eigenvalue weighted by Crippen LogP contribution is -2.62. The summed E-state index contributed by atoms with van der Waals surface area (Å²) >= 11 is 2.63. The third-order valence-corrected chi connectivity index (χ3v) is 33.5. The van der Waals surface area contributed by atoms with Gasteiger partial charge in [0, 0.05) is 10.3 Å². The maximum atomic E-state index is 2.84. The van der Waals surface area contributed by atoms with E-state index in [-0.39, 0.29) is 10.2 Å². The SMILES string of the molecule is CC(C)Cc1ccc2c(c1CC(C)C)C13c4c5c6c7c8c9c%10c%11c%12c%13c%14c%15c(c%16c%13c%10c7c4-%16)C1(S2)C1C%15C2c4c7c%10c%13c%15c%16c%17c%18c%19c%20c%21c%22c%23c(c4c4c%22c%19c%16c%104)C2C%14C%12C%23C%21C%11C9C%20C%18C8C6C%17C%15C5C3C%13C71. The van der Waals surface area contributed by atoms with Crippen molar-refractivity contribution < 1.29 is 0 Å². The van der Waals surface area contributed by atoms with E-state index in [0.29, 0.717) is 130 Å². The molecule has 11 aromatic carbocycles. The maximum Gasteiger partial charge on any atom is 0.0645 e. The Kier molecular flexibility index (Phi) is 3.21. The van der Waals surface area contributed by atoms with Crippen molar-refractivity contribution in [3.63, 3.8) is 0 Å². The average molecular weight is 961 g/mol. The van der Waals surface area contributed by atoms with Crippen LogP contribution in [0.25, 0.3) is 97.3 Å². The van der Waals surface area contributed by atoms with Crippen LogP contribution in [0.1, 0.15) is 262 Å². The normalized spacial score (nSPS) is 45.7. The molecule has 1 fully saturated rings. The summed E-state index contributed by atoms with van der Waals surface area (Å²) in [6.07, 6.45) is 2.47. The lowest BCUT2D eigenvalue weighted by Gasteiger charge is -2.65. The van der Waals surface area contributed by atoms with Crippen molar-refractivity contribution in [3.05, 3.63) is 140 Å². The van der Waals surface area contributed by atoms with Crippen LogP contribution < -0.4 is 0 Å².